The van der Waals surface area contributed by atoms with Gasteiger partial charge in [-0.3, -0.25) is 4.72 Å². The van der Waals surface area contributed by atoms with Gasteiger partial charge in [-0.25, -0.2) is 12.8 Å². The van der Waals surface area contributed by atoms with Gasteiger partial charge in [0.05, 0.1) is 26.9 Å². The van der Waals surface area contributed by atoms with Gasteiger partial charge in [-0.05, 0) is 30.3 Å². The molecule has 0 fully saturated rings. The van der Waals surface area contributed by atoms with E-state index < -0.39 is 20.7 Å². The molecule has 0 aliphatic rings. The third-order valence-corrected chi connectivity index (χ3v) is 4.82. The topological polar surface area (TPSA) is 97.7 Å². The van der Waals surface area contributed by atoms with E-state index in [4.69, 9.17) is 14.2 Å². The average molecular weight is 392 g/mol. The first-order chi connectivity index (χ1) is 12.8. The summed E-state index contributed by atoms with van der Waals surface area (Å²) in [6.07, 6.45) is 1.13. The Hall–Kier alpha value is -3.25. The molecular weight excluding hydrogens is 375 g/mol. The zero-order valence-corrected chi connectivity index (χ0v) is 15.6. The average Bonchev–Trinajstić information content (AvgIpc) is 2.66. The van der Waals surface area contributed by atoms with E-state index in [1.165, 1.54) is 45.6 Å². The smallest absolute Gasteiger partial charge is 0.272 e. The first-order valence-electron chi connectivity index (χ1n) is 7.54. The zero-order chi connectivity index (χ0) is 20.0. The molecule has 0 atom stereocenters. The molecule has 0 aromatic heterocycles. The highest BCUT2D eigenvalue weighted by atomic mass is 32.2. The lowest BCUT2D eigenvalue weighted by Crippen LogP contribution is -2.14. The second-order valence-electron chi connectivity index (χ2n) is 5.18. The number of nitriles is 1. The van der Waals surface area contributed by atoms with Gasteiger partial charge in [0.25, 0.3) is 10.0 Å². The van der Waals surface area contributed by atoms with Crippen molar-refractivity contribution in [3.63, 3.8) is 0 Å². The number of anilines is 1. The molecule has 0 spiro atoms. The molecule has 2 rings (SSSR count). The molecule has 2 aromatic carbocycles. The van der Waals surface area contributed by atoms with Crippen LogP contribution in [0.15, 0.2) is 41.3 Å². The molecule has 27 heavy (non-hydrogen) atoms. The minimum Gasteiger partial charge on any atom is -0.496 e. The van der Waals surface area contributed by atoms with Crippen molar-refractivity contribution in [1.29, 1.82) is 5.26 Å². The van der Waals surface area contributed by atoms with Crippen LogP contribution in [-0.2, 0) is 10.0 Å². The standard InChI is InChI=1S/C18H17FN2O5S/c1-24-14-8-17(25-2)16(18(9-14)26-3)10-15(11-20)27(22,23)21-13-6-4-12(19)5-7-13/h4-10,21H,1-3H3. The largest absolute Gasteiger partial charge is 0.496 e. The summed E-state index contributed by atoms with van der Waals surface area (Å²) in [5, 5.41) is 9.37. The van der Waals surface area contributed by atoms with Gasteiger partial charge in [-0.1, -0.05) is 0 Å². The molecule has 0 bridgehead atoms. The maximum atomic E-state index is 13.0. The molecule has 0 saturated heterocycles. The molecule has 0 saturated carbocycles. The minimum atomic E-state index is -4.22. The van der Waals surface area contributed by atoms with Gasteiger partial charge in [0.2, 0.25) is 0 Å². The van der Waals surface area contributed by atoms with E-state index in [9.17, 15) is 18.1 Å². The summed E-state index contributed by atoms with van der Waals surface area (Å²) >= 11 is 0. The van der Waals surface area contributed by atoms with Crippen LogP contribution in [0.4, 0.5) is 10.1 Å². The van der Waals surface area contributed by atoms with E-state index in [2.05, 4.69) is 4.72 Å². The van der Waals surface area contributed by atoms with Gasteiger partial charge in [0.1, 0.15) is 29.1 Å². The highest BCUT2D eigenvalue weighted by Gasteiger charge is 2.21. The maximum absolute atomic E-state index is 13.0. The minimum absolute atomic E-state index is 0.117. The Balaban J connectivity index is 2.51. The van der Waals surface area contributed by atoms with Gasteiger partial charge in [-0.2, -0.15) is 5.26 Å². The third kappa shape index (κ3) is 4.68. The summed E-state index contributed by atoms with van der Waals surface area (Å²) in [5.74, 6) is 0.445. The summed E-state index contributed by atoms with van der Waals surface area (Å²) in [6.45, 7) is 0. The highest BCUT2D eigenvalue weighted by Crippen LogP contribution is 2.36. The Morgan fingerprint density at radius 1 is 1.07 bits per heavy atom. The van der Waals surface area contributed by atoms with E-state index in [1.807, 2.05) is 0 Å². The molecule has 0 aliphatic carbocycles. The van der Waals surface area contributed by atoms with Crippen LogP contribution in [0.5, 0.6) is 17.2 Å². The number of ether oxygens (including phenoxy) is 3. The van der Waals surface area contributed by atoms with Crippen molar-refractivity contribution < 1.29 is 27.0 Å². The normalized spacial score (nSPS) is 11.4. The number of halogens is 1. The number of hydrogen-bond donors (Lipinski definition) is 1. The summed E-state index contributed by atoms with van der Waals surface area (Å²) < 4.78 is 55.9. The number of nitrogens with zero attached hydrogens (tertiary/aromatic N) is 1. The van der Waals surface area contributed by atoms with Gasteiger partial charge < -0.3 is 14.2 Å². The van der Waals surface area contributed by atoms with Crippen molar-refractivity contribution in [3.05, 3.63) is 52.7 Å². The molecule has 2 aromatic rings. The number of sulfonamides is 1. The number of allylic oxidation sites excluding steroid dienone is 1. The van der Waals surface area contributed by atoms with Crippen molar-refractivity contribution in [2.24, 2.45) is 0 Å². The second-order valence-corrected chi connectivity index (χ2v) is 6.83. The first kappa shape index (κ1) is 20.1. The van der Waals surface area contributed by atoms with E-state index in [0.29, 0.717) is 5.75 Å². The quantitative estimate of drug-likeness (QED) is 0.727. The fourth-order valence-electron chi connectivity index (χ4n) is 2.20. The number of benzene rings is 2. The summed E-state index contributed by atoms with van der Waals surface area (Å²) in [4.78, 5) is -0.575. The monoisotopic (exact) mass is 392 g/mol. The lowest BCUT2D eigenvalue weighted by atomic mass is 10.1. The number of nitrogens with one attached hydrogen (secondary N) is 1. The first-order valence-corrected chi connectivity index (χ1v) is 9.03. The Morgan fingerprint density at radius 2 is 1.63 bits per heavy atom. The lowest BCUT2D eigenvalue weighted by Gasteiger charge is -2.13. The van der Waals surface area contributed by atoms with Crippen LogP contribution in [0.2, 0.25) is 0 Å². The van der Waals surface area contributed by atoms with Crippen LogP contribution >= 0.6 is 0 Å². The summed E-state index contributed by atoms with van der Waals surface area (Å²) in [5.41, 5.74) is 0.369. The molecule has 1 N–H and O–H groups in total. The van der Waals surface area contributed by atoms with Crippen LogP contribution in [0.25, 0.3) is 6.08 Å². The van der Waals surface area contributed by atoms with Crippen LogP contribution in [0.1, 0.15) is 5.56 Å². The molecule has 0 amide bonds. The SMILES string of the molecule is COc1cc(OC)c(C=C(C#N)S(=O)(=O)Nc2ccc(F)cc2)c(OC)c1. The molecule has 0 unspecified atom stereocenters. The molecule has 142 valence electrons. The highest BCUT2D eigenvalue weighted by molar-refractivity contribution is 7.96. The van der Waals surface area contributed by atoms with E-state index in [0.717, 1.165) is 18.2 Å². The van der Waals surface area contributed by atoms with Crippen molar-refractivity contribution in [2.45, 2.75) is 0 Å². The van der Waals surface area contributed by atoms with Gasteiger partial charge >= 0.3 is 0 Å². The second kappa shape index (κ2) is 8.42. The number of methoxy groups -OCH3 is 3. The fraction of sp³-hybridized carbons (Fsp3) is 0.167. The Kier molecular flexibility index (Phi) is 6.26. The lowest BCUT2D eigenvalue weighted by molar-refractivity contribution is 0.374. The molecule has 7 nitrogen and oxygen atoms in total. The molecule has 0 heterocycles. The Bertz CT molecular complexity index is 970. The predicted octanol–water partition coefficient (Wildman–Crippen LogP) is 3.16. The maximum Gasteiger partial charge on any atom is 0.272 e. The Morgan fingerprint density at radius 3 is 2.07 bits per heavy atom. The van der Waals surface area contributed by atoms with Gasteiger partial charge in [0, 0.05) is 17.8 Å². The zero-order valence-electron chi connectivity index (χ0n) is 14.8. The van der Waals surface area contributed by atoms with Crippen molar-refractivity contribution in [2.75, 3.05) is 26.1 Å². The molecular formula is C18H17FN2O5S. The molecule has 9 heteroatoms. The van der Waals surface area contributed by atoms with Gasteiger partial charge in [-0.15, -0.1) is 0 Å². The van der Waals surface area contributed by atoms with Crippen LogP contribution < -0.4 is 18.9 Å². The predicted molar refractivity (Wildman–Crippen MR) is 98.6 cm³/mol. The number of rotatable bonds is 7. The van der Waals surface area contributed by atoms with Gasteiger partial charge in [0.15, 0.2) is 4.91 Å². The molecule has 0 radical (unpaired) electrons. The van der Waals surface area contributed by atoms with Crippen LogP contribution in [0, 0.1) is 17.1 Å². The van der Waals surface area contributed by atoms with E-state index in [1.54, 1.807) is 6.07 Å². The molecule has 0 aliphatic heterocycles. The van der Waals surface area contributed by atoms with E-state index in [-0.39, 0.29) is 22.7 Å². The fourth-order valence-corrected chi connectivity index (χ4v) is 3.15. The van der Waals surface area contributed by atoms with Crippen molar-refractivity contribution in [1.82, 2.24) is 0 Å². The summed E-state index contributed by atoms with van der Waals surface area (Å²) in [6, 6.07) is 9.40. The number of hydrogen-bond acceptors (Lipinski definition) is 6. The third-order valence-electron chi connectivity index (χ3n) is 3.52. The van der Waals surface area contributed by atoms with Crippen molar-refractivity contribution >= 4 is 21.8 Å². The van der Waals surface area contributed by atoms with Crippen molar-refractivity contribution in [3.8, 4) is 23.3 Å². The van der Waals surface area contributed by atoms with Crippen LogP contribution in [0.3, 0.4) is 0 Å². The summed E-state index contributed by atoms with van der Waals surface area (Å²) in [7, 11) is 0.0263. The Labute approximate surface area is 156 Å². The van der Waals surface area contributed by atoms with Crippen LogP contribution in [-0.4, -0.2) is 29.7 Å². The van der Waals surface area contributed by atoms with E-state index >= 15 is 0 Å².